The maximum absolute atomic E-state index is 12.9. The van der Waals surface area contributed by atoms with Crippen LogP contribution >= 0.6 is 0 Å². The Morgan fingerprint density at radius 3 is 2.61 bits per heavy atom. The molecule has 0 spiro atoms. The van der Waals surface area contributed by atoms with Gasteiger partial charge in [-0.05, 0) is 24.7 Å². The zero-order chi connectivity index (χ0) is 13.1. The molecule has 4 nitrogen and oxygen atoms in total. The summed E-state index contributed by atoms with van der Waals surface area (Å²) in [7, 11) is 3.39. The van der Waals surface area contributed by atoms with Crippen molar-refractivity contribution in [1.29, 1.82) is 0 Å². The molecule has 5 heteroatoms. The Labute approximate surface area is 106 Å². The minimum Gasteiger partial charge on any atom is -0.453 e. The highest BCUT2D eigenvalue weighted by atomic mass is 19.1. The van der Waals surface area contributed by atoms with Gasteiger partial charge in [0.1, 0.15) is 5.82 Å². The molecule has 1 fully saturated rings. The van der Waals surface area contributed by atoms with E-state index in [-0.39, 0.29) is 18.0 Å². The lowest BCUT2D eigenvalue weighted by Crippen LogP contribution is -2.48. The highest BCUT2D eigenvalue weighted by Gasteiger charge is 2.28. The van der Waals surface area contributed by atoms with E-state index in [9.17, 15) is 9.18 Å². The Bertz CT molecular complexity index is 422. The van der Waals surface area contributed by atoms with E-state index in [2.05, 4.69) is 4.90 Å². The van der Waals surface area contributed by atoms with E-state index in [0.29, 0.717) is 13.1 Å². The van der Waals surface area contributed by atoms with Gasteiger partial charge in [-0.3, -0.25) is 4.90 Å². The SMILES string of the molecule is COC(=O)N1CCN(C)C(c2ccc(F)cc2)C1. The second kappa shape index (κ2) is 5.35. The van der Waals surface area contributed by atoms with Crippen LogP contribution in [0.5, 0.6) is 0 Å². The molecule has 18 heavy (non-hydrogen) atoms. The average molecular weight is 252 g/mol. The fourth-order valence-electron chi connectivity index (χ4n) is 2.21. The summed E-state index contributed by atoms with van der Waals surface area (Å²) in [4.78, 5) is 15.4. The van der Waals surface area contributed by atoms with Crippen LogP contribution in [0.15, 0.2) is 24.3 Å². The molecule has 1 aliphatic rings. The van der Waals surface area contributed by atoms with Crippen LogP contribution in [0.1, 0.15) is 11.6 Å². The number of ether oxygens (including phenoxy) is 1. The number of benzene rings is 1. The van der Waals surface area contributed by atoms with Crippen LogP contribution in [-0.4, -0.2) is 49.7 Å². The average Bonchev–Trinajstić information content (AvgIpc) is 2.39. The van der Waals surface area contributed by atoms with Crippen molar-refractivity contribution in [2.75, 3.05) is 33.8 Å². The van der Waals surface area contributed by atoms with Gasteiger partial charge in [0.25, 0.3) is 0 Å². The summed E-state index contributed by atoms with van der Waals surface area (Å²) in [6.07, 6.45) is -0.310. The van der Waals surface area contributed by atoms with Crippen LogP contribution in [-0.2, 0) is 4.74 Å². The third-order valence-corrected chi connectivity index (χ3v) is 3.34. The van der Waals surface area contributed by atoms with Crippen LogP contribution in [0.2, 0.25) is 0 Å². The molecular weight excluding hydrogens is 235 g/mol. The van der Waals surface area contributed by atoms with E-state index in [1.54, 1.807) is 17.0 Å². The number of nitrogens with zero attached hydrogens (tertiary/aromatic N) is 2. The minimum atomic E-state index is -0.310. The van der Waals surface area contributed by atoms with Crippen molar-refractivity contribution in [3.63, 3.8) is 0 Å². The van der Waals surface area contributed by atoms with Gasteiger partial charge >= 0.3 is 6.09 Å². The second-order valence-corrected chi connectivity index (χ2v) is 4.46. The smallest absolute Gasteiger partial charge is 0.409 e. The molecule has 0 saturated carbocycles. The third-order valence-electron chi connectivity index (χ3n) is 3.34. The lowest BCUT2D eigenvalue weighted by molar-refractivity contribution is 0.0720. The van der Waals surface area contributed by atoms with E-state index in [1.807, 2.05) is 7.05 Å². The number of rotatable bonds is 1. The van der Waals surface area contributed by atoms with E-state index in [0.717, 1.165) is 12.1 Å². The maximum atomic E-state index is 12.9. The molecule has 1 aliphatic heterocycles. The number of halogens is 1. The zero-order valence-corrected chi connectivity index (χ0v) is 10.6. The number of amides is 1. The molecular formula is C13H17FN2O2. The van der Waals surface area contributed by atoms with Gasteiger partial charge in [0, 0.05) is 19.6 Å². The minimum absolute atomic E-state index is 0.0819. The van der Waals surface area contributed by atoms with E-state index >= 15 is 0 Å². The van der Waals surface area contributed by atoms with E-state index in [1.165, 1.54) is 19.2 Å². The number of carbonyl (C=O) groups excluding carboxylic acids is 1. The van der Waals surface area contributed by atoms with Crippen LogP contribution in [0, 0.1) is 5.82 Å². The quantitative estimate of drug-likeness (QED) is 0.765. The molecule has 1 atom stereocenters. The fourth-order valence-corrected chi connectivity index (χ4v) is 2.21. The lowest BCUT2D eigenvalue weighted by atomic mass is 10.0. The summed E-state index contributed by atoms with van der Waals surface area (Å²) >= 11 is 0. The van der Waals surface area contributed by atoms with Crippen molar-refractivity contribution in [1.82, 2.24) is 9.80 Å². The Morgan fingerprint density at radius 1 is 1.33 bits per heavy atom. The van der Waals surface area contributed by atoms with Gasteiger partial charge in [-0.1, -0.05) is 12.1 Å². The Kier molecular flexibility index (Phi) is 3.81. The number of carbonyl (C=O) groups is 1. The van der Waals surface area contributed by atoms with E-state index < -0.39 is 0 Å². The summed E-state index contributed by atoms with van der Waals surface area (Å²) in [6.45, 7) is 1.99. The van der Waals surface area contributed by atoms with Crippen LogP contribution in [0.25, 0.3) is 0 Å². The standard InChI is InChI=1S/C13H17FN2O2/c1-15-7-8-16(13(17)18-2)9-12(15)10-3-5-11(14)6-4-10/h3-6,12H,7-9H2,1-2H3. The zero-order valence-electron chi connectivity index (χ0n) is 10.6. The van der Waals surface area contributed by atoms with Crippen molar-refractivity contribution in [3.05, 3.63) is 35.6 Å². The predicted octanol–water partition coefficient (Wildman–Crippen LogP) is 1.88. The molecule has 2 rings (SSSR count). The first-order valence-corrected chi connectivity index (χ1v) is 5.90. The first-order chi connectivity index (χ1) is 8.61. The number of hydrogen-bond donors (Lipinski definition) is 0. The fraction of sp³-hybridized carbons (Fsp3) is 0.462. The van der Waals surface area contributed by atoms with Crippen molar-refractivity contribution >= 4 is 6.09 Å². The van der Waals surface area contributed by atoms with Gasteiger partial charge in [0.05, 0.1) is 13.2 Å². The molecule has 98 valence electrons. The van der Waals surface area contributed by atoms with Gasteiger partial charge < -0.3 is 9.64 Å². The second-order valence-electron chi connectivity index (χ2n) is 4.46. The molecule has 1 saturated heterocycles. The predicted molar refractivity (Wildman–Crippen MR) is 65.7 cm³/mol. The van der Waals surface area contributed by atoms with Crippen molar-refractivity contribution in [2.24, 2.45) is 0 Å². The van der Waals surface area contributed by atoms with Gasteiger partial charge in [0.15, 0.2) is 0 Å². The Hall–Kier alpha value is -1.62. The lowest BCUT2D eigenvalue weighted by Gasteiger charge is -2.38. The number of likely N-dealkylation sites (N-methyl/N-ethyl adjacent to an activating group) is 1. The summed E-state index contributed by atoms with van der Waals surface area (Å²) < 4.78 is 17.6. The van der Waals surface area contributed by atoms with Gasteiger partial charge in [0.2, 0.25) is 0 Å². The normalized spacial score (nSPS) is 20.8. The summed E-state index contributed by atoms with van der Waals surface area (Å²) in [5, 5.41) is 0. The highest BCUT2D eigenvalue weighted by molar-refractivity contribution is 5.67. The van der Waals surface area contributed by atoms with Crippen molar-refractivity contribution < 1.29 is 13.9 Å². The van der Waals surface area contributed by atoms with Crippen molar-refractivity contribution in [3.8, 4) is 0 Å². The monoisotopic (exact) mass is 252 g/mol. The molecule has 0 radical (unpaired) electrons. The molecule has 1 amide bonds. The molecule has 1 aromatic carbocycles. The Balaban J connectivity index is 2.14. The molecule has 0 bridgehead atoms. The summed E-state index contributed by atoms with van der Waals surface area (Å²) in [5.74, 6) is -0.248. The first kappa shape index (κ1) is 12.8. The molecule has 1 aromatic rings. The molecule has 1 unspecified atom stereocenters. The summed E-state index contributed by atoms with van der Waals surface area (Å²) in [6, 6.07) is 6.49. The molecule has 0 aliphatic carbocycles. The largest absolute Gasteiger partial charge is 0.453 e. The number of methoxy groups -OCH3 is 1. The molecule has 0 N–H and O–H groups in total. The van der Waals surface area contributed by atoms with E-state index in [4.69, 9.17) is 4.74 Å². The van der Waals surface area contributed by atoms with Gasteiger partial charge in [-0.2, -0.15) is 0 Å². The number of piperazine rings is 1. The highest BCUT2D eigenvalue weighted by Crippen LogP contribution is 2.24. The topological polar surface area (TPSA) is 32.8 Å². The van der Waals surface area contributed by atoms with Gasteiger partial charge in [-0.25, -0.2) is 9.18 Å². The maximum Gasteiger partial charge on any atom is 0.409 e. The van der Waals surface area contributed by atoms with Crippen LogP contribution in [0.4, 0.5) is 9.18 Å². The van der Waals surface area contributed by atoms with Crippen LogP contribution < -0.4 is 0 Å². The molecule has 0 aromatic heterocycles. The van der Waals surface area contributed by atoms with Crippen molar-refractivity contribution in [2.45, 2.75) is 6.04 Å². The number of hydrogen-bond acceptors (Lipinski definition) is 3. The summed E-state index contributed by atoms with van der Waals surface area (Å²) in [5.41, 5.74) is 1.01. The van der Waals surface area contributed by atoms with Crippen LogP contribution in [0.3, 0.4) is 0 Å². The first-order valence-electron chi connectivity index (χ1n) is 5.90. The van der Waals surface area contributed by atoms with Gasteiger partial charge in [-0.15, -0.1) is 0 Å². The molecule has 1 heterocycles. The Morgan fingerprint density at radius 2 is 2.00 bits per heavy atom. The third kappa shape index (κ3) is 2.61.